The number of hydrogen-bond acceptors (Lipinski definition) is 6. The minimum Gasteiger partial charge on any atom is -0.382 e. The van der Waals surface area contributed by atoms with Crippen molar-refractivity contribution in [3.63, 3.8) is 0 Å². The maximum atomic E-state index is 12.1. The number of para-hydroxylation sites is 1. The molecule has 0 atom stereocenters. The summed E-state index contributed by atoms with van der Waals surface area (Å²) in [5, 5.41) is 9.23. The van der Waals surface area contributed by atoms with Crippen LogP contribution >= 0.6 is 11.8 Å². The van der Waals surface area contributed by atoms with Crippen LogP contribution < -0.4 is 4.18 Å². The first-order valence-electron chi connectivity index (χ1n) is 8.59. The maximum absolute atomic E-state index is 12.1. The van der Waals surface area contributed by atoms with Crippen LogP contribution in [-0.4, -0.2) is 34.7 Å². The lowest BCUT2D eigenvalue weighted by atomic mass is 10.1. The molecule has 2 aromatic carbocycles. The first-order valence-corrected chi connectivity index (χ1v) is 11.1. The van der Waals surface area contributed by atoms with Gasteiger partial charge in [-0.15, -0.1) is 10.2 Å². The van der Waals surface area contributed by atoms with Gasteiger partial charge in [-0.2, -0.15) is 8.42 Å². The van der Waals surface area contributed by atoms with Crippen molar-refractivity contribution in [2.75, 3.05) is 11.5 Å². The molecule has 0 spiro atoms. The Morgan fingerprint density at radius 3 is 2.56 bits per heavy atom. The SMILES string of the molecule is CCn1c(SCCS(=O)(=O)Oc2ccccc2)nnc1-c1cccc(C)c1. The smallest absolute Gasteiger partial charge is 0.310 e. The summed E-state index contributed by atoms with van der Waals surface area (Å²) < 4.78 is 31.4. The van der Waals surface area contributed by atoms with Crippen LogP contribution in [0.2, 0.25) is 0 Å². The lowest BCUT2D eigenvalue weighted by Crippen LogP contribution is -2.15. The molecule has 0 saturated heterocycles. The van der Waals surface area contributed by atoms with Gasteiger partial charge in [-0.3, -0.25) is 0 Å². The Kier molecular flexibility index (Phi) is 6.18. The average Bonchev–Trinajstić information content (AvgIpc) is 3.05. The van der Waals surface area contributed by atoms with Gasteiger partial charge in [0.2, 0.25) is 0 Å². The van der Waals surface area contributed by atoms with Gasteiger partial charge in [0, 0.05) is 17.9 Å². The molecule has 0 N–H and O–H groups in total. The molecule has 1 aromatic heterocycles. The Morgan fingerprint density at radius 2 is 1.85 bits per heavy atom. The summed E-state index contributed by atoms with van der Waals surface area (Å²) in [6.45, 7) is 4.75. The second kappa shape index (κ2) is 8.58. The van der Waals surface area contributed by atoms with Crippen molar-refractivity contribution < 1.29 is 12.6 Å². The number of aromatic nitrogens is 3. The summed E-state index contributed by atoms with van der Waals surface area (Å²) in [4.78, 5) is 0. The van der Waals surface area contributed by atoms with Crippen LogP contribution in [0, 0.1) is 6.92 Å². The fourth-order valence-corrected chi connectivity index (χ4v) is 4.87. The predicted molar refractivity (Wildman–Crippen MR) is 107 cm³/mol. The molecule has 0 fully saturated rings. The highest BCUT2D eigenvalue weighted by Gasteiger charge is 2.17. The van der Waals surface area contributed by atoms with Crippen molar-refractivity contribution >= 4 is 21.9 Å². The van der Waals surface area contributed by atoms with E-state index in [-0.39, 0.29) is 5.75 Å². The van der Waals surface area contributed by atoms with E-state index in [4.69, 9.17) is 4.18 Å². The molecule has 27 heavy (non-hydrogen) atoms. The third-order valence-corrected chi connectivity index (χ3v) is 6.22. The summed E-state index contributed by atoms with van der Waals surface area (Å²) in [7, 11) is -3.65. The zero-order valence-corrected chi connectivity index (χ0v) is 16.8. The molecule has 3 aromatic rings. The second-order valence-corrected chi connectivity index (χ2v) is 8.68. The molecule has 8 heteroatoms. The number of benzene rings is 2. The van der Waals surface area contributed by atoms with Gasteiger partial charge in [-0.25, -0.2) is 0 Å². The molecule has 1 heterocycles. The molecular weight excluding hydrogens is 382 g/mol. The fraction of sp³-hybridized carbons (Fsp3) is 0.263. The normalized spacial score (nSPS) is 11.5. The van der Waals surface area contributed by atoms with E-state index in [0.29, 0.717) is 23.2 Å². The average molecular weight is 404 g/mol. The van der Waals surface area contributed by atoms with Gasteiger partial charge >= 0.3 is 10.1 Å². The van der Waals surface area contributed by atoms with Crippen molar-refractivity contribution in [3.8, 4) is 17.1 Å². The Bertz CT molecular complexity index is 1000. The molecule has 6 nitrogen and oxygen atoms in total. The predicted octanol–water partition coefficient (Wildman–Crippen LogP) is 3.77. The van der Waals surface area contributed by atoms with Crippen LogP contribution in [0.15, 0.2) is 59.8 Å². The third-order valence-electron chi connectivity index (χ3n) is 3.84. The van der Waals surface area contributed by atoms with E-state index < -0.39 is 10.1 Å². The number of hydrogen-bond donors (Lipinski definition) is 0. The molecule has 0 saturated carbocycles. The zero-order chi connectivity index (χ0) is 19.3. The summed E-state index contributed by atoms with van der Waals surface area (Å²) in [6, 6.07) is 16.6. The van der Waals surface area contributed by atoms with E-state index in [1.54, 1.807) is 30.3 Å². The van der Waals surface area contributed by atoms with Crippen molar-refractivity contribution in [2.24, 2.45) is 0 Å². The summed E-state index contributed by atoms with van der Waals surface area (Å²) in [5.74, 6) is 1.33. The van der Waals surface area contributed by atoms with Gasteiger partial charge in [0.15, 0.2) is 11.0 Å². The Morgan fingerprint density at radius 1 is 1.07 bits per heavy atom. The first-order chi connectivity index (χ1) is 13.0. The Labute approximate surface area is 163 Å². The first kappa shape index (κ1) is 19.4. The molecule has 3 rings (SSSR count). The van der Waals surface area contributed by atoms with E-state index in [0.717, 1.165) is 17.0 Å². The lowest BCUT2D eigenvalue weighted by Gasteiger charge is -2.09. The molecule has 0 radical (unpaired) electrons. The number of nitrogens with zero attached hydrogens (tertiary/aromatic N) is 3. The van der Waals surface area contributed by atoms with E-state index in [1.807, 2.05) is 36.6 Å². The minimum absolute atomic E-state index is 0.108. The number of thioether (sulfide) groups is 1. The van der Waals surface area contributed by atoms with E-state index in [2.05, 4.69) is 16.3 Å². The largest absolute Gasteiger partial charge is 0.382 e. The van der Waals surface area contributed by atoms with Gasteiger partial charge in [0.1, 0.15) is 5.75 Å². The van der Waals surface area contributed by atoms with E-state index in [9.17, 15) is 8.42 Å². The fourth-order valence-electron chi connectivity index (χ4n) is 2.58. The highest BCUT2D eigenvalue weighted by molar-refractivity contribution is 8.00. The van der Waals surface area contributed by atoms with Crippen molar-refractivity contribution in [3.05, 3.63) is 60.2 Å². The standard InChI is InChI=1S/C19H21N3O3S2/c1-3-22-18(16-9-7-8-15(2)14-16)20-21-19(22)26-12-13-27(23,24)25-17-10-5-4-6-11-17/h4-11,14H,3,12-13H2,1-2H3. The van der Waals surface area contributed by atoms with Crippen LogP contribution in [0.25, 0.3) is 11.4 Å². The van der Waals surface area contributed by atoms with E-state index in [1.165, 1.54) is 11.8 Å². The summed E-state index contributed by atoms with van der Waals surface area (Å²) >= 11 is 1.36. The van der Waals surface area contributed by atoms with Crippen LogP contribution in [0.4, 0.5) is 0 Å². The maximum Gasteiger partial charge on any atom is 0.310 e. The lowest BCUT2D eigenvalue weighted by molar-refractivity contribution is 0.488. The van der Waals surface area contributed by atoms with Gasteiger partial charge in [0.25, 0.3) is 0 Å². The van der Waals surface area contributed by atoms with Crippen LogP contribution in [-0.2, 0) is 16.7 Å². The molecule has 0 aliphatic carbocycles. The van der Waals surface area contributed by atoms with Crippen molar-refractivity contribution in [1.29, 1.82) is 0 Å². The van der Waals surface area contributed by atoms with Crippen molar-refractivity contribution in [1.82, 2.24) is 14.8 Å². The number of rotatable bonds is 8. The quantitative estimate of drug-likeness (QED) is 0.421. The van der Waals surface area contributed by atoms with Crippen molar-refractivity contribution in [2.45, 2.75) is 25.5 Å². The van der Waals surface area contributed by atoms with Gasteiger partial charge in [0.05, 0.1) is 5.75 Å². The summed E-state index contributed by atoms with van der Waals surface area (Å²) in [5.41, 5.74) is 2.15. The topological polar surface area (TPSA) is 74.1 Å². The molecule has 0 amide bonds. The number of aryl methyl sites for hydroxylation is 1. The molecule has 0 unspecified atom stereocenters. The second-order valence-electron chi connectivity index (χ2n) is 5.93. The minimum atomic E-state index is -3.65. The zero-order valence-electron chi connectivity index (χ0n) is 15.2. The highest BCUT2D eigenvalue weighted by Crippen LogP contribution is 2.25. The highest BCUT2D eigenvalue weighted by atomic mass is 32.2. The van der Waals surface area contributed by atoms with Gasteiger partial charge in [-0.05, 0) is 32.0 Å². The monoisotopic (exact) mass is 403 g/mol. The van der Waals surface area contributed by atoms with Gasteiger partial charge in [-0.1, -0.05) is 53.7 Å². The Balaban J connectivity index is 1.66. The molecular formula is C19H21N3O3S2. The third kappa shape index (κ3) is 5.11. The molecule has 0 aliphatic heterocycles. The van der Waals surface area contributed by atoms with Crippen LogP contribution in [0.1, 0.15) is 12.5 Å². The van der Waals surface area contributed by atoms with Gasteiger partial charge < -0.3 is 8.75 Å². The van der Waals surface area contributed by atoms with Crippen LogP contribution in [0.3, 0.4) is 0 Å². The Hall–Kier alpha value is -2.32. The van der Waals surface area contributed by atoms with Crippen LogP contribution in [0.5, 0.6) is 5.75 Å². The summed E-state index contributed by atoms with van der Waals surface area (Å²) in [6.07, 6.45) is 0. The molecule has 0 aliphatic rings. The van der Waals surface area contributed by atoms with E-state index >= 15 is 0 Å². The molecule has 0 bridgehead atoms. The molecule has 142 valence electrons.